The van der Waals surface area contributed by atoms with Gasteiger partial charge in [-0.05, 0) is 90.2 Å². The summed E-state index contributed by atoms with van der Waals surface area (Å²) in [4.78, 5) is 27.2. The highest BCUT2D eigenvalue weighted by molar-refractivity contribution is 5.95. The average molecular weight is 336 g/mol. The Morgan fingerprint density at radius 2 is 1.12 bits per heavy atom. The topological polar surface area (TPSA) is 81.1 Å². The number of carbonyl (C=O) groups is 2. The highest BCUT2D eigenvalue weighted by Gasteiger charge is 2.20. The predicted octanol–water partition coefficient (Wildman–Crippen LogP) is 2.07. The van der Waals surface area contributed by atoms with E-state index in [1.54, 1.807) is 0 Å². The van der Waals surface area contributed by atoms with Crippen LogP contribution in [0, 0.1) is 0 Å². The highest BCUT2D eigenvalue weighted by Crippen LogP contribution is 2.23. The summed E-state index contributed by atoms with van der Waals surface area (Å²) in [5.74, 6) is -2.00. The van der Waals surface area contributed by atoms with Gasteiger partial charge in [0, 0.05) is 0 Å². The van der Waals surface area contributed by atoms with Gasteiger partial charge < -0.3 is 20.0 Å². The first kappa shape index (κ1) is 20.1. The van der Waals surface area contributed by atoms with Crippen LogP contribution < -0.4 is 0 Å². The molecule has 1 rings (SSSR count). The summed E-state index contributed by atoms with van der Waals surface area (Å²) in [5.41, 5.74) is 1.78. The van der Waals surface area contributed by atoms with E-state index in [0.717, 1.165) is 25.9 Å². The van der Waals surface area contributed by atoms with Crippen LogP contribution in [0.3, 0.4) is 0 Å². The van der Waals surface area contributed by atoms with Gasteiger partial charge in [-0.15, -0.1) is 0 Å². The maximum atomic E-state index is 11.6. The molecule has 6 nitrogen and oxygen atoms in total. The standard InChI is InChI=1S/C18H28N2O4/c1-19(2)11-5-7-13-14(8-6-12-20(3)4)16(18(23)24)10-9-15(13)17(21)22/h9-10H,5-8,11-12H2,1-4H3,(H,21,22)(H,23,24). The van der Waals surface area contributed by atoms with E-state index in [1.165, 1.54) is 12.1 Å². The third-order valence-electron chi connectivity index (χ3n) is 3.96. The molecule has 0 aliphatic rings. The van der Waals surface area contributed by atoms with E-state index in [1.807, 2.05) is 38.0 Å². The molecule has 0 bridgehead atoms. The van der Waals surface area contributed by atoms with Crippen LogP contribution in [0.5, 0.6) is 0 Å². The smallest absolute Gasteiger partial charge is 0.335 e. The summed E-state index contributed by atoms with van der Waals surface area (Å²) < 4.78 is 0. The largest absolute Gasteiger partial charge is 0.478 e. The van der Waals surface area contributed by atoms with Gasteiger partial charge in [0.25, 0.3) is 0 Å². The van der Waals surface area contributed by atoms with E-state index in [-0.39, 0.29) is 11.1 Å². The van der Waals surface area contributed by atoms with E-state index in [0.29, 0.717) is 24.0 Å². The van der Waals surface area contributed by atoms with Crippen LogP contribution in [0.1, 0.15) is 44.7 Å². The van der Waals surface area contributed by atoms with Crippen molar-refractivity contribution >= 4 is 11.9 Å². The number of rotatable bonds is 10. The van der Waals surface area contributed by atoms with Gasteiger partial charge in [0.1, 0.15) is 0 Å². The highest BCUT2D eigenvalue weighted by atomic mass is 16.4. The third-order valence-corrected chi connectivity index (χ3v) is 3.96. The van der Waals surface area contributed by atoms with Crippen LogP contribution in [0.15, 0.2) is 12.1 Å². The van der Waals surface area contributed by atoms with Crippen molar-refractivity contribution in [2.45, 2.75) is 25.7 Å². The number of aromatic carboxylic acids is 2. The zero-order chi connectivity index (χ0) is 18.3. The molecular formula is C18H28N2O4. The van der Waals surface area contributed by atoms with Gasteiger partial charge in [-0.1, -0.05) is 0 Å². The van der Waals surface area contributed by atoms with Gasteiger partial charge in [-0.2, -0.15) is 0 Å². The zero-order valence-corrected chi connectivity index (χ0v) is 15.0. The van der Waals surface area contributed by atoms with Crippen molar-refractivity contribution in [3.05, 3.63) is 34.4 Å². The van der Waals surface area contributed by atoms with Crippen molar-refractivity contribution in [3.8, 4) is 0 Å². The normalized spacial score (nSPS) is 11.2. The maximum Gasteiger partial charge on any atom is 0.335 e. The van der Waals surface area contributed by atoms with Crippen molar-refractivity contribution in [2.24, 2.45) is 0 Å². The molecule has 0 saturated carbocycles. The van der Waals surface area contributed by atoms with Gasteiger partial charge in [-0.3, -0.25) is 0 Å². The molecule has 0 heterocycles. The molecule has 24 heavy (non-hydrogen) atoms. The number of nitrogens with zero attached hydrogens (tertiary/aromatic N) is 2. The summed E-state index contributed by atoms with van der Waals surface area (Å²) in [5, 5.41) is 19.0. The number of carboxylic acid groups (broad SMARTS) is 2. The molecule has 0 spiro atoms. The Labute approximate surface area is 143 Å². The van der Waals surface area contributed by atoms with Crippen molar-refractivity contribution in [1.29, 1.82) is 0 Å². The van der Waals surface area contributed by atoms with E-state index < -0.39 is 11.9 Å². The summed E-state index contributed by atoms with van der Waals surface area (Å²) in [6, 6.07) is 2.85. The van der Waals surface area contributed by atoms with E-state index >= 15 is 0 Å². The summed E-state index contributed by atoms with van der Waals surface area (Å²) in [6.45, 7) is 1.65. The molecule has 0 aliphatic heterocycles. The molecule has 1 aromatic carbocycles. The van der Waals surface area contributed by atoms with Crippen molar-refractivity contribution < 1.29 is 19.8 Å². The Kier molecular flexibility index (Phi) is 7.88. The minimum absolute atomic E-state index is 0.221. The van der Waals surface area contributed by atoms with Gasteiger partial charge in [0.05, 0.1) is 11.1 Å². The van der Waals surface area contributed by atoms with Crippen molar-refractivity contribution in [2.75, 3.05) is 41.3 Å². The second-order valence-corrected chi connectivity index (χ2v) is 6.54. The Morgan fingerprint density at radius 1 is 0.792 bits per heavy atom. The van der Waals surface area contributed by atoms with Crippen LogP contribution in [-0.4, -0.2) is 73.2 Å². The lowest BCUT2D eigenvalue weighted by molar-refractivity contribution is 0.0679. The molecule has 2 N–H and O–H groups in total. The second-order valence-electron chi connectivity index (χ2n) is 6.54. The zero-order valence-electron chi connectivity index (χ0n) is 15.0. The van der Waals surface area contributed by atoms with Gasteiger partial charge >= 0.3 is 11.9 Å². The van der Waals surface area contributed by atoms with Crippen molar-refractivity contribution in [1.82, 2.24) is 9.80 Å². The number of hydrogen-bond donors (Lipinski definition) is 2. The molecule has 0 fully saturated rings. The minimum Gasteiger partial charge on any atom is -0.478 e. The van der Waals surface area contributed by atoms with Gasteiger partial charge in [0.15, 0.2) is 0 Å². The molecule has 1 aromatic rings. The Bertz CT molecular complexity index is 532. The summed E-state index contributed by atoms with van der Waals surface area (Å²) in [6.07, 6.45) is 2.71. The fourth-order valence-corrected chi connectivity index (χ4v) is 2.81. The summed E-state index contributed by atoms with van der Waals surface area (Å²) in [7, 11) is 7.85. The fraction of sp³-hybridized carbons (Fsp3) is 0.556. The first-order valence-corrected chi connectivity index (χ1v) is 8.14. The molecule has 0 saturated heterocycles. The van der Waals surface area contributed by atoms with Crippen LogP contribution in [0.25, 0.3) is 0 Å². The molecular weight excluding hydrogens is 308 g/mol. The Balaban J connectivity index is 3.20. The predicted molar refractivity (Wildman–Crippen MR) is 94.1 cm³/mol. The van der Waals surface area contributed by atoms with Crippen LogP contribution in [0.2, 0.25) is 0 Å². The van der Waals surface area contributed by atoms with E-state index in [9.17, 15) is 19.8 Å². The summed E-state index contributed by atoms with van der Waals surface area (Å²) >= 11 is 0. The second kappa shape index (κ2) is 9.39. The lowest BCUT2D eigenvalue weighted by Crippen LogP contribution is -2.18. The minimum atomic E-state index is -0.999. The third kappa shape index (κ3) is 5.94. The fourth-order valence-electron chi connectivity index (χ4n) is 2.81. The molecule has 134 valence electrons. The van der Waals surface area contributed by atoms with E-state index in [2.05, 4.69) is 0 Å². The molecule has 0 aliphatic carbocycles. The first-order chi connectivity index (χ1) is 11.2. The lowest BCUT2D eigenvalue weighted by atomic mass is 9.90. The number of carboxylic acids is 2. The molecule has 0 amide bonds. The van der Waals surface area contributed by atoms with Crippen molar-refractivity contribution in [3.63, 3.8) is 0 Å². The molecule has 0 aromatic heterocycles. The lowest BCUT2D eigenvalue weighted by Gasteiger charge is -2.18. The molecule has 0 atom stereocenters. The quantitative estimate of drug-likeness (QED) is 0.681. The van der Waals surface area contributed by atoms with Crippen LogP contribution in [0.4, 0.5) is 0 Å². The Hall–Kier alpha value is -1.92. The van der Waals surface area contributed by atoms with Crippen LogP contribution in [-0.2, 0) is 12.8 Å². The average Bonchev–Trinajstić information content (AvgIpc) is 2.46. The number of benzene rings is 1. The Morgan fingerprint density at radius 3 is 1.38 bits per heavy atom. The van der Waals surface area contributed by atoms with Gasteiger partial charge in [-0.25, -0.2) is 9.59 Å². The monoisotopic (exact) mass is 336 g/mol. The first-order valence-electron chi connectivity index (χ1n) is 8.14. The molecule has 0 unspecified atom stereocenters. The molecule has 6 heteroatoms. The number of hydrogen-bond acceptors (Lipinski definition) is 4. The van der Waals surface area contributed by atoms with E-state index in [4.69, 9.17) is 0 Å². The van der Waals surface area contributed by atoms with Crippen LogP contribution >= 0.6 is 0 Å². The molecule has 0 radical (unpaired) electrons. The van der Waals surface area contributed by atoms with Gasteiger partial charge in [0.2, 0.25) is 0 Å². The maximum absolute atomic E-state index is 11.6. The SMILES string of the molecule is CN(C)CCCc1c(C(=O)O)ccc(C(=O)O)c1CCCN(C)C.